The first kappa shape index (κ1) is 22.5. The van der Waals surface area contributed by atoms with Crippen molar-refractivity contribution in [3.63, 3.8) is 0 Å². The maximum atomic E-state index is 12.4. The van der Waals surface area contributed by atoms with Gasteiger partial charge in [0.15, 0.2) is 6.29 Å². The van der Waals surface area contributed by atoms with Gasteiger partial charge in [0.25, 0.3) is 0 Å². The molecule has 2 aromatic heterocycles. The lowest BCUT2D eigenvalue weighted by molar-refractivity contribution is -0.136. The third-order valence-corrected chi connectivity index (χ3v) is 5.08. The lowest BCUT2D eigenvalue weighted by Crippen LogP contribution is -2.57. The molecule has 0 saturated carbocycles. The van der Waals surface area contributed by atoms with Gasteiger partial charge in [0.2, 0.25) is 5.91 Å². The van der Waals surface area contributed by atoms with Gasteiger partial charge in [-0.2, -0.15) is 5.10 Å². The monoisotopic (exact) mass is 430 g/mol. The molecule has 168 valence electrons. The Labute approximate surface area is 181 Å². The van der Waals surface area contributed by atoms with Crippen molar-refractivity contribution in [3.05, 3.63) is 30.5 Å². The molecule has 0 aliphatic carbocycles. The highest BCUT2D eigenvalue weighted by atomic mass is 16.2. The highest BCUT2D eigenvalue weighted by molar-refractivity contribution is 6.39. The maximum absolute atomic E-state index is 12.4. The van der Waals surface area contributed by atoms with E-state index in [1.165, 1.54) is 4.68 Å². The molecule has 31 heavy (non-hydrogen) atoms. The number of aromatic nitrogens is 4. The largest absolute Gasteiger partial charge is 0.348 e. The van der Waals surface area contributed by atoms with E-state index in [1.54, 1.807) is 25.5 Å². The summed E-state index contributed by atoms with van der Waals surface area (Å²) in [6, 6.07) is 1.58. The molecule has 3 rings (SSSR count). The number of amides is 3. The van der Waals surface area contributed by atoms with E-state index < -0.39 is 18.1 Å². The van der Waals surface area contributed by atoms with Crippen LogP contribution >= 0.6 is 0 Å². The van der Waals surface area contributed by atoms with Crippen LogP contribution < -0.4 is 21.3 Å². The third-order valence-electron chi connectivity index (χ3n) is 5.08. The fraction of sp³-hybridized carbons (Fsp3) is 0.550. The summed E-state index contributed by atoms with van der Waals surface area (Å²) < 4.78 is 3.37. The molecule has 11 heteroatoms. The van der Waals surface area contributed by atoms with E-state index in [-0.39, 0.29) is 17.4 Å². The van der Waals surface area contributed by atoms with Gasteiger partial charge in [-0.15, -0.1) is 0 Å². The highest BCUT2D eigenvalue weighted by Crippen LogP contribution is 2.26. The molecule has 1 aliphatic heterocycles. The highest BCUT2D eigenvalue weighted by Gasteiger charge is 2.35. The second-order valence-electron chi connectivity index (χ2n) is 8.74. The Kier molecular flexibility index (Phi) is 6.74. The van der Waals surface area contributed by atoms with Crippen LogP contribution in [0.3, 0.4) is 0 Å². The molecule has 2 unspecified atom stereocenters. The van der Waals surface area contributed by atoms with Gasteiger partial charge in [-0.3, -0.25) is 19.7 Å². The minimum absolute atomic E-state index is 0.0712. The van der Waals surface area contributed by atoms with Crippen molar-refractivity contribution in [3.8, 4) is 0 Å². The average Bonchev–Trinajstić information content (AvgIpc) is 3.33. The Bertz CT molecular complexity index is 929. The Hall–Kier alpha value is -3.21. The summed E-state index contributed by atoms with van der Waals surface area (Å²) in [6.07, 6.45) is 5.60. The molecule has 3 heterocycles. The van der Waals surface area contributed by atoms with E-state index in [4.69, 9.17) is 0 Å². The fourth-order valence-electron chi connectivity index (χ4n) is 3.32. The van der Waals surface area contributed by atoms with Crippen LogP contribution in [0.1, 0.15) is 45.6 Å². The van der Waals surface area contributed by atoms with Crippen LogP contribution in [-0.4, -0.2) is 49.6 Å². The SMILES string of the molecule is Cc1cc(NC(=O)C(=O)NCCCn2ccnc2)n(C2NC(=O)CC(C(C)(C)C)N2)n1. The average molecular weight is 431 g/mol. The summed E-state index contributed by atoms with van der Waals surface area (Å²) in [7, 11) is 0. The molecule has 1 saturated heterocycles. The molecule has 2 atom stereocenters. The van der Waals surface area contributed by atoms with Gasteiger partial charge in [0.05, 0.1) is 12.0 Å². The number of carbonyl (C=O) groups is 3. The van der Waals surface area contributed by atoms with Gasteiger partial charge in [0, 0.05) is 44.0 Å². The van der Waals surface area contributed by atoms with Crippen molar-refractivity contribution in [1.29, 1.82) is 0 Å². The maximum Gasteiger partial charge on any atom is 0.314 e. The standard InChI is InChI=1S/C20H30N8O3/c1-13-10-15(24-18(31)17(30)22-6-5-8-27-9-7-21-12-27)28(26-13)19-23-14(20(2,3)4)11-16(29)25-19/h7,9-10,12,14,19,23H,5-6,8,11H2,1-4H3,(H,22,30)(H,24,31)(H,25,29). The van der Waals surface area contributed by atoms with Crippen molar-refractivity contribution >= 4 is 23.5 Å². The van der Waals surface area contributed by atoms with Crippen molar-refractivity contribution in [1.82, 2.24) is 35.3 Å². The zero-order chi connectivity index (χ0) is 22.6. The van der Waals surface area contributed by atoms with Crippen LogP contribution in [0.4, 0.5) is 5.82 Å². The smallest absolute Gasteiger partial charge is 0.314 e. The summed E-state index contributed by atoms with van der Waals surface area (Å²) in [6.45, 7) is 8.97. The van der Waals surface area contributed by atoms with Crippen molar-refractivity contribution in [2.24, 2.45) is 5.41 Å². The molecule has 3 amide bonds. The molecule has 1 aliphatic rings. The summed E-state index contributed by atoms with van der Waals surface area (Å²) in [5.41, 5.74) is 0.503. The number of anilines is 1. The summed E-state index contributed by atoms with van der Waals surface area (Å²) in [5.74, 6) is -1.31. The normalized spacial score (nSPS) is 19.0. The molecule has 2 aromatic rings. The van der Waals surface area contributed by atoms with E-state index in [0.29, 0.717) is 37.4 Å². The number of hydrogen-bond acceptors (Lipinski definition) is 6. The summed E-state index contributed by atoms with van der Waals surface area (Å²) >= 11 is 0. The second-order valence-corrected chi connectivity index (χ2v) is 8.74. The minimum atomic E-state index is -0.793. The molecular formula is C20H30N8O3. The van der Waals surface area contributed by atoms with E-state index in [1.807, 2.05) is 10.8 Å². The first-order chi connectivity index (χ1) is 14.6. The predicted octanol–water partition coefficient (Wildman–Crippen LogP) is 0.513. The van der Waals surface area contributed by atoms with Gasteiger partial charge in [-0.1, -0.05) is 20.8 Å². The Morgan fingerprint density at radius 3 is 2.74 bits per heavy atom. The van der Waals surface area contributed by atoms with Gasteiger partial charge in [-0.05, 0) is 18.8 Å². The van der Waals surface area contributed by atoms with E-state index in [0.717, 1.165) is 0 Å². The van der Waals surface area contributed by atoms with Crippen molar-refractivity contribution in [2.75, 3.05) is 11.9 Å². The summed E-state index contributed by atoms with van der Waals surface area (Å²) in [5, 5.41) is 15.8. The molecule has 0 bridgehead atoms. The molecular weight excluding hydrogens is 400 g/mol. The molecule has 0 spiro atoms. The second kappa shape index (κ2) is 9.29. The first-order valence-electron chi connectivity index (χ1n) is 10.3. The number of rotatable bonds is 6. The molecule has 4 N–H and O–H groups in total. The molecule has 0 aromatic carbocycles. The molecule has 11 nitrogen and oxygen atoms in total. The number of carbonyl (C=O) groups excluding carboxylic acids is 3. The number of nitrogens with one attached hydrogen (secondary N) is 4. The van der Waals surface area contributed by atoms with E-state index in [9.17, 15) is 14.4 Å². The molecule has 0 radical (unpaired) electrons. The van der Waals surface area contributed by atoms with E-state index >= 15 is 0 Å². The Balaban J connectivity index is 1.59. The topological polar surface area (TPSA) is 135 Å². The van der Waals surface area contributed by atoms with Crippen molar-refractivity contribution < 1.29 is 14.4 Å². The zero-order valence-corrected chi connectivity index (χ0v) is 18.3. The van der Waals surface area contributed by atoms with Crippen LogP contribution in [0.25, 0.3) is 0 Å². The Morgan fingerprint density at radius 1 is 1.29 bits per heavy atom. The number of aryl methyl sites for hydroxylation is 2. The Morgan fingerprint density at radius 2 is 2.06 bits per heavy atom. The van der Waals surface area contributed by atoms with Crippen molar-refractivity contribution in [2.45, 2.75) is 59.4 Å². The van der Waals surface area contributed by atoms with Crippen LogP contribution in [0.2, 0.25) is 0 Å². The third kappa shape index (κ3) is 5.91. The zero-order valence-electron chi connectivity index (χ0n) is 18.3. The number of imidazole rings is 1. The number of hydrogen-bond donors (Lipinski definition) is 4. The molecule has 1 fully saturated rings. The van der Waals surface area contributed by atoms with Crippen LogP contribution in [0.5, 0.6) is 0 Å². The van der Waals surface area contributed by atoms with Gasteiger partial charge in [-0.25, -0.2) is 9.67 Å². The summed E-state index contributed by atoms with van der Waals surface area (Å²) in [4.78, 5) is 40.8. The quantitative estimate of drug-likeness (QED) is 0.390. The van der Waals surface area contributed by atoms with Gasteiger partial charge < -0.3 is 20.5 Å². The predicted molar refractivity (Wildman–Crippen MR) is 114 cm³/mol. The van der Waals surface area contributed by atoms with Crippen LogP contribution in [0, 0.1) is 12.3 Å². The van der Waals surface area contributed by atoms with Crippen LogP contribution in [-0.2, 0) is 20.9 Å². The fourth-order valence-corrected chi connectivity index (χ4v) is 3.32. The number of nitrogens with zero attached hydrogens (tertiary/aromatic N) is 4. The van der Waals surface area contributed by atoms with E-state index in [2.05, 4.69) is 52.1 Å². The van der Waals surface area contributed by atoms with Gasteiger partial charge in [0.1, 0.15) is 5.82 Å². The minimum Gasteiger partial charge on any atom is -0.348 e. The first-order valence-corrected chi connectivity index (χ1v) is 10.3. The lowest BCUT2D eigenvalue weighted by Gasteiger charge is -2.39. The lowest BCUT2D eigenvalue weighted by atomic mass is 9.84. The van der Waals surface area contributed by atoms with Gasteiger partial charge >= 0.3 is 11.8 Å². The van der Waals surface area contributed by atoms with Crippen LogP contribution in [0.15, 0.2) is 24.8 Å².